The molecule has 5 heteroatoms. The third-order valence-corrected chi connectivity index (χ3v) is 2.67. The molecular formula is C15H30N2O3. The van der Waals surface area contributed by atoms with Crippen molar-refractivity contribution >= 4 is 12.0 Å². The zero-order valence-electron chi connectivity index (χ0n) is 13.9. The predicted molar refractivity (Wildman–Crippen MR) is 80.5 cm³/mol. The van der Waals surface area contributed by atoms with Crippen molar-refractivity contribution in [3.63, 3.8) is 0 Å². The first-order chi connectivity index (χ1) is 8.94. The van der Waals surface area contributed by atoms with Crippen LogP contribution in [0.2, 0.25) is 0 Å². The highest BCUT2D eigenvalue weighted by Gasteiger charge is 2.24. The molecule has 2 amide bonds. The lowest BCUT2D eigenvalue weighted by Crippen LogP contribution is -2.47. The van der Waals surface area contributed by atoms with Crippen LogP contribution >= 0.6 is 0 Å². The maximum atomic E-state index is 11.8. The van der Waals surface area contributed by atoms with Gasteiger partial charge in [-0.2, -0.15) is 0 Å². The lowest BCUT2D eigenvalue weighted by atomic mass is 9.89. The lowest BCUT2D eigenvalue weighted by molar-refractivity contribution is -0.122. The Labute approximate surface area is 122 Å². The molecule has 0 aliphatic carbocycles. The number of nitrogens with one attached hydrogen (secondary N) is 2. The largest absolute Gasteiger partial charge is 0.444 e. The van der Waals surface area contributed by atoms with Crippen LogP contribution in [0.5, 0.6) is 0 Å². The second kappa shape index (κ2) is 7.50. The minimum absolute atomic E-state index is 0.190. The van der Waals surface area contributed by atoms with Gasteiger partial charge in [0.15, 0.2) is 0 Å². The van der Waals surface area contributed by atoms with Gasteiger partial charge in [0.25, 0.3) is 0 Å². The van der Waals surface area contributed by atoms with E-state index >= 15 is 0 Å². The number of alkyl carbamates (subject to hydrolysis) is 1. The summed E-state index contributed by atoms with van der Waals surface area (Å²) in [6, 6.07) is -0.544. The summed E-state index contributed by atoms with van der Waals surface area (Å²) in [5, 5.41) is 5.21. The lowest BCUT2D eigenvalue weighted by Gasteiger charge is -2.24. The monoisotopic (exact) mass is 286 g/mol. The standard InChI is InChI=1S/C15H30N2O3/c1-14(2,3)10-8-9-11(12(18)16-7)17-13(19)20-15(4,5)6/h11H,8-10H2,1-7H3,(H,16,18)(H,17,19). The van der Waals surface area contributed by atoms with Gasteiger partial charge < -0.3 is 15.4 Å². The summed E-state index contributed by atoms with van der Waals surface area (Å²) in [4.78, 5) is 23.5. The molecule has 118 valence electrons. The van der Waals surface area contributed by atoms with Gasteiger partial charge in [-0.1, -0.05) is 27.2 Å². The fourth-order valence-corrected chi connectivity index (χ4v) is 1.73. The van der Waals surface area contributed by atoms with Crippen molar-refractivity contribution in [1.82, 2.24) is 10.6 Å². The van der Waals surface area contributed by atoms with Crippen LogP contribution in [-0.2, 0) is 9.53 Å². The van der Waals surface area contributed by atoms with E-state index in [1.165, 1.54) is 0 Å². The molecule has 0 saturated carbocycles. The Balaban J connectivity index is 4.43. The van der Waals surface area contributed by atoms with Gasteiger partial charge in [-0.3, -0.25) is 4.79 Å². The normalized spacial score (nSPS) is 13.6. The van der Waals surface area contributed by atoms with Gasteiger partial charge in [0.1, 0.15) is 11.6 Å². The molecule has 0 saturated heterocycles. The molecule has 0 aromatic heterocycles. The molecule has 0 rings (SSSR count). The molecule has 0 aliphatic rings. The Morgan fingerprint density at radius 2 is 1.65 bits per heavy atom. The molecule has 20 heavy (non-hydrogen) atoms. The van der Waals surface area contributed by atoms with Crippen molar-refractivity contribution in [2.45, 2.75) is 72.4 Å². The van der Waals surface area contributed by atoms with E-state index in [0.29, 0.717) is 6.42 Å². The highest BCUT2D eigenvalue weighted by Crippen LogP contribution is 2.22. The van der Waals surface area contributed by atoms with Gasteiger partial charge in [0, 0.05) is 7.05 Å². The van der Waals surface area contributed by atoms with Crippen LogP contribution < -0.4 is 10.6 Å². The molecule has 0 radical (unpaired) electrons. The molecule has 1 atom stereocenters. The number of carbonyl (C=O) groups is 2. The molecule has 0 aliphatic heterocycles. The summed E-state index contributed by atoms with van der Waals surface area (Å²) in [5.41, 5.74) is -0.345. The van der Waals surface area contributed by atoms with Gasteiger partial charge in [-0.25, -0.2) is 4.79 Å². The third kappa shape index (κ3) is 9.64. The van der Waals surface area contributed by atoms with Crippen LogP contribution in [0, 0.1) is 5.41 Å². The molecule has 0 heterocycles. The van der Waals surface area contributed by atoms with E-state index in [2.05, 4.69) is 31.4 Å². The van der Waals surface area contributed by atoms with E-state index in [1.54, 1.807) is 27.8 Å². The van der Waals surface area contributed by atoms with Crippen molar-refractivity contribution in [3.8, 4) is 0 Å². The molecule has 0 fully saturated rings. The highest BCUT2D eigenvalue weighted by atomic mass is 16.6. The summed E-state index contributed by atoms with van der Waals surface area (Å²) in [7, 11) is 1.57. The van der Waals surface area contributed by atoms with Crippen molar-refractivity contribution in [3.05, 3.63) is 0 Å². The van der Waals surface area contributed by atoms with Crippen LogP contribution in [0.1, 0.15) is 60.8 Å². The van der Waals surface area contributed by atoms with Crippen molar-refractivity contribution in [2.24, 2.45) is 5.41 Å². The minimum Gasteiger partial charge on any atom is -0.444 e. The fourth-order valence-electron chi connectivity index (χ4n) is 1.73. The van der Waals surface area contributed by atoms with Gasteiger partial charge in [-0.05, 0) is 39.0 Å². The zero-order chi connectivity index (χ0) is 16.0. The Hall–Kier alpha value is -1.26. The van der Waals surface area contributed by atoms with Crippen LogP contribution in [0.4, 0.5) is 4.79 Å². The van der Waals surface area contributed by atoms with Gasteiger partial charge in [-0.15, -0.1) is 0 Å². The molecule has 5 nitrogen and oxygen atoms in total. The number of hydrogen-bond acceptors (Lipinski definition) is 3. The molecule has 0 aromatic rings. The van der Waals surface area contributed by atoms with Crippen LogP contribution in [-0.4, -0.2) is 30.7 Å². The Bertz CT molecular complexity index is 327. The third-order valence-electron chi connectivity index (χ3n) is 2.67. The quantitative estimate of drug-likeness (QED) is 0.816. The number of ether oxygens (including phenoxy) is 1. The van der Waals surface area contributed by atoms with E-state index < -0.39 is 17.7 Å². The fraction of sp³-hybridized carbons (Fsp3) is 0.867. The average Bonchev–Trinajstić information content (AvgIpc) is 2.22. The van der Waals surface area contributed by atoms with Gasteiger partial charge >= 0.3 is 6.09 Å². The first-order valence-corrected chi connectivity index (χ1v) is 7.16. The Kier molecular flexibility index (Phi) is 7.03. The zero-order valence-corrected chi connectivity index (χ0v) is 13.9. The van der Waals surface area contributed by atoms with Gasteiger partial charge in [0.2, 0.25) is 5.91 Å². The number of carbonyl (C=O) groups excluding carboxylic acids is 2. The summed E-state index contributed by atoms with van der Waals surface area (Å²) in [6.45, 7) is 11.8. The molecule has 0 spiro atoms. The minimum atomic E-state index is -0.567. The summed E-state index contributed by atoms with van der Waals surface area (Å²) in [6.07, 6.45) is 1.92. The molecular weight excluding hydrogens is 256 g/mol. The summed E-state index contributed by atoms with van der Waals surface area (Å²) >= 11 is 0. The van der Waals surface area contributed by atoms with E-state index in [0.717, 1.165) is 12.8 Å². The maximum Gasteiger partial charge on any atom is 0.408 e. The van der Waals surface area contributed by atoms with Crippen molar-refractivity contribution < 1.29 is 14.3 Å². The second-order valence-electron chi connectivity index (χ2n) is 7.27. The SMILES string of the molecule is CNC(=O)C(CCCC(C)(C)C)NC(=O)OC(C)(C)C. The maximum absolute atomic E-state index is 11.8. The van der Waals surface area contributed by atoms with Crippen molar-refractivity contribution in [2.75, 3.05) is 7.05 Å². The van der Waals surface area contributed by atoms with Gasteiger partial charge in [0.05, 0.1) is 0 Å². The van der Waals surface area contributed by atoms with Crippen molar-refractivity contribution in [1.29, 1.82) is 0 Å². The van der Waals surface area contributed by atoms with E-state index in [-0.39, 0.29) is 11.3 Å². The Morgan fingerprint density at radius 1 is 1.10 bits per heavy atom. The second-order valence-corrected chi connectivity index (χ2v) is 7.27. The summed E-state index contributed by atoms with van der Waals surface area (Å²) in [5.74, 6) is -0.190. The van der Waals surface area contributed by atoms with E-state index in [4.69, 9.17) is 4.74 Å². The van der Waals surface area contributed by atoms with E-state index in [1.807, 2.05) is 0 Å². The smallest absolute Gasteiger partial charge is 0.408 e. The first-order valence-electron chi connectivity index (χ1n) is 7.16. The highest BCUT2D eigenvalue weighted by molar-refractivity contribution is 5.85. The number of amides is 2. The average molecular weight is 286 g/mol. The molecule has 1 unspecified atom stereocenters. The predicted octanol–water partition coefficient (Wildman–Crippen LogP) is 2.84. The van der Waals surface area contributed by atoms with Crippen LogP contribution in [0.25, 0.3) is 0 Å². The molecule has 2 N–H and O–H groups in total. The summed E-state index contributed by atoms with van der Waals surface area (Å²) < 4.78 is 5.18. The number of rotatable bonds is 5. The van der Waals surface area contributed by atoms with Crippen LogP contribution in [0.3, 0.4) is 0 Å². The topological polar surface area (TPSA) is 67.4 Å². The Morgan fingerprint density at radius 3 is 2.05 bits per heavy atom. The van der Waals surface area contributed by atoms with E-state index in [9.17, 15) is 9.59 Å². The molecule has 0 bridgehead atoms. The first kappa shape index (κ1) is 18.7. The molecule has 0 aromatic carbocycles. The van der Waals surface area contributed by atoms with Crippen LogP contribution in [0.15, 0.2) is 0 Å². The number of hydrogen-bond donors (Lipinski definition) is 2. The number of likely N-dealkylation sites (N-methyl/N-ethyl adjacent to an activating group) is 1.